The molecule has 0 bridgehead atoms. The molecule has 0 saturated carbocycles. The molecule has 3 heterocycles. The zero-order valence-corrected chi connectivity index (χ0v) is 10.3. The number of amides is 1. The number of hydrogen-bond acceptors (Lipinski definition) is 7. The topological polar surface area (TPSA) is 111 Å². The van der Waals surface area contributed by atoms with E-state index in [0.29, 0.717) is 11.7 Å². The van der Waals surface area contributed by atoms with Crippen molar-refractivity contribution in [2.24, 2.45) is 0 Å². The number of nitrogens with zero attached hydrogens (tertiary/aromatic N) is 5. The van der Waals surface area contributed by atoms with E-state index in [9.17, 15) is 4.79 Å². The van der Waals surface area contributed by atoms with Gasteiger partial charge in [-0.05, 0) is 6.92 Å². The van der Waals surface area contributed by atoms with Gasteiger partial charge in [0, 0.05) is 13.1 Å². The summed E-state index contributed by atoms with van der Waals surface area (Å²) in [5.41, 5.74) is 0.281. The van der Waals surface area contributed by atoms with E-state index in [0.717, 1.165) is 13.1 Å². The normalized spacial score (nSPS) is 15.2. The maximum atomic E-state index is 11.8. The lowest BCUT2D eigenvalue weighted by molar-refractivity contribution is 0.0941. The molecule has 0 unspecified atom stereocenters. The lowest BCUT2D eigenvalue weighted by Crippen LogP contribution is -2.43. The van der Waals surface area contributed by atoms with Crippen molar-refractivity contribution in [2.45, 2.75) is 19.5 Å². The highest BCUT2D eigenvalue weighted by molar-refractivity contribution is 5.91. The highest BCUT2D eigenvalue weighted by Crippen LogP contribution is 2.09. The third-order valence-corrected chi connectivity index (χ3v) is 2.85. The summed E-state index contributed by atoms with van der Waals surface area (Å²) in [5, 5.41) is 17.2. The van der Waals surface area contributed by atoms with Crippen LogP contribution in [-0.4, -0.2) is 44.1 Å². The lowest BCUT2D eigenvalue weighted by Gasteiger charge is -2.26. The Kier molecular flexibility index (Phi) is 2.95. The summed E-state index contributed by atoms with van der Waals surface area (Å²) in [7, 11) is 0. The third-order valence-electron chi connectivity index (χ3n) is 2.85. The van der Waals surface area contributed by atoms with Crippen molar-refractivity contribution in [1.29, 1.82) is 0 Å². The van der Waals surface area contributed by atoms with Gasteiger partial charge in [-0.15, -0.1) is 5.10 Å². The number of hydrogen-bond donors (Lipinski definition) is 2. The Labute approximate surface area is 108 Å². The van der Waals surface area contributed by atoms with Crippen molar-refractivity contribution in [1.82, 2.24) is 35.8 Å². The van der Waals surface area contributed by atoms with Gasteiger partial charge in [0.1, 0.15) is 0 Å². The Morgan fingerprint density at radius 1 is 1.63 bits per heavy atom. The molecule has 9 heteroatoms. The molecule has 2 aromatic rings. The zero-order valence-electron chi connectivity index (χ0n) is 10.3. The van der Waals surface area contributed by atoms with Crippen LogP contribution in [0.4, 0.5) is 0 Å². The predicted octanol–water partition coefficient (Wildman–Crippen LogP) is -0.956. The monoisotopic (exact) mass is 263 g/mol. The summed E-state index contributed by atoms with van der Waals surface area (Å²) in [5.74, 6) is 0.587. The van der Waals surface area contributed by atoms with Gasteiger partial charge in [0.25, 0.3) is 5.91 Å². The van der Waals surface area contributed by atoms with E-state index in [-0.39, 0.29) is 24.2 Å². The van der Waals surface area contributed by atoms with Crippen LogP contribution >= 0.6 is 0 Å². The maximum absolute atomic E-state index is 11.8. The van der Waals surface area contributed by atoms with Crippen molar-refractivity contribution < 1.29 is 9.32 Å². The van der Waals surface area contributed by atoms with Crippen molar-refractivity contribution in [3.05, 3.63) is 23.6 Å². The van der Waals surface area contributed by atoms with Crippen LogP contribution in [-0.2, 0) is 6.54 Å². The average molecular weight is 263 g/mol. The molecule has 1 amide bonds. The molecule has 1 aliphatic rings. The summed E-state index contributed by atoms with van der Waals surface area (Å²) >= 11 is 0. The number of nitrogens with one attached hydrogen (secondary N) is 2. The molecule has 0 radical (unpaired) electrons. The molecule has 0 aromatic carbocycles. The zero-order chi connectivity index (χ0) is 13.2. The highest BCUT2D eigenvalue weighted by atomic mass is 16.5. The molecule has 9 nitrogen and oxygen atoms in total. The van der Waals surface area contributed by atoms with Gasteiger partial charge in [-0.3, -0.25) is 4.79 Å². The summed E-state index contributed by atoms with van der Waals surface area (Å²) in [6.07, 6.45) is 1.64. The standard InChI is InChI=1S/C10H13N7O2/c1-6-13-9(19-15-6)4-12-10(18)8-5-17(16-14-8)7-2-11-3-7/h5,7,11H,2-4H2,1H3,(H,12,18). The second-order valence-corrected chi connectivity index (χ2v) is 4.31. The largest absolute Gasteiger partial charge is 0.342 e. The first-order valence-electron chi connectivity index (χ1n) is 5.92. The Bertz CT molecular complexity index is 586. The molecule has 3 rings (SSSR count). The van der Waals surface area contributed by atoms with Crippen molar-refractivity contribution in [3.8, 4) is 0 Å². The second kappa shape index (κ2) is 4.76. The van der Waals surface area contributed by atoms with Gasteiger partial charge in [-0.25, -0.2) is 4.68 Å². The van der Waals surface area contributed by atoms with Crippen LogP contribution in [0, 0.1) is 6.92 Å². The van der Waals surface area contributed by atoms with Crippen LogP contribution in [0.3, 0.4) is 0 Å². The van der Waals surface area contributed by atoms with Crippen LogP contribution in [0.5, 0.6) is 0 Å². The maximum Gasteiger partial charge on any atom is 0.273 e. The van der Waals surface area contributed by atoms with E-state index in [2.05, 4.69) is 31.1 Å². The molecule has 0 aliphatic carbocycles. The number of aromatic nitrogens is 5. The van der Waals surface area contributed by atoms with E-state index in [1.807, 2.05) is 0 Å². The van der Waals surface area contributed by atoms with E-state index >= 15 is 0 Å². The average Bonchev–Trinajstić information content (AvgIpc) is 2.93. The summed E-state index contributed by atoms with van der Waals surface area (Å²) < 4.78 is 6.59. The molecule has 1 aliphatic heterocycles. The van der Waals surface area contributed by atoms with E-state index < -0.39 is 0 Å². The molecular weight excluding hydrogens is 250 g/mol. The first-order chi connectivity index (χ1) is 9.22. The number of carbonyl (C=O) groups excluding carboxylic acids is 1. The second-order valence-electron chi connectivity index (χ2n) is 4.31. The molecule has 19 heavy (non-hydrogen) atoms. The van der Waals surface area contributed by atoms with Crippen LogP contribution in [0.1, 0.15) is 28.2 Å². The van der Waals surface area contributed by atoms with Gasteiger partial charge < -0.3 is 15.2 Å². The summed E-state index contributed by atoms with van der Waals surface area (Å²) in [6.45, 7) is 3.60. The van der Waals surface area contributed by atoms with Crippen molar-refractivity contribution >= 4 is 5.91 Å². The Morgan fingerprint density at radius 2 is 2.47 bits per heavy atom. The van der Waals surface area contributed by atoms with Gasteiger partial charge in [-0.2, -0.15) is 4.98 Å². The minimum absolute atomic E-state index is 0.178. The lowest BCUT2D eigenvalue weighted by atomic mass is 10.2. The minimum atomic E-state index is -0.311. The van der Waals surface area contributed by atoms with Crippen molar-refractivity contribution in [2.75, 3.05) is 13.1 Å². The van der Waals surface area contributed by atoms with Gasteiger partial charge in [0.2, 0.25) is 5.89 Å². The summed E-state index contributed by atoms with van der Waals surface area (Å²) in [6, 6.07) is 0.285. The predicted molar refractivity (Wildman–Crippen MR) is 62.1 cm³/mol. The highest BCUT2D eigenvalue weighted by Gasteiger charge is 2.21. The van der Waals surface area contributed by atoms with E-state index in [1.165, 1.54) is 0 Å². The molecule has 1 saturated heterocycles. The Balaban J connectivity index is 1.58. The summed E-state index contributed by atoms with van der Waals surface area (Å²) in [4.78, 5) is 15.8. The number of rotatable bonds is 4. The Hall–Kier alpha value is -2.29. The smallest absolute Gasteiger partial charge is 0.273 e. The molecule has 0 atom stereocenters. The van der Waals surface area contributed by atoms with Gasteiger partial charge in [0.15, 0.2) is 11.5 Å². The molecule has 100 valence electrons. The molecule has 2 aromatic heterocycles. The van der Waals surface area contributed by atoms with E-state index in [4.69, 9.17) is 4.52 Å². The van der Waals surface area contributed by atoms with Gasteiger partial charge in [0.05, 0.1) is 18.8 Å². The van der Waals surface area contributed by atoms with Crippen LogP contribution in [0.15, 0.2) is 10.7 Å². The van der Waals surface area contributed by atoms with E-state index in [1.54, 1.807) is 17.8 Å². The van der Waals surface area contributed by atoms with Crippen LogP contribution < -0.4 is 10.6 Å². The van der Waals surface area contributed by atoms with Crippen LogP contribution in [0.2, 0.25) is 0 Å². The number of aryl methyl sites for hydroxylation is 1. The SMILES string of the molecule is Cc1noc(CNC(=O)c2cn(C3CNC3)nn2)n1. The number of carbonyl (C=O) groups is 1. The fraction of sp³-hybridized carbons (Fsp3) is 0.500. The molecule has 1 fully saturated rings. The van der Waals surface area contributed by atoms with Crippen molar-refractivity contribution in [3.63, 3.8) is 0 Å². The fourth-order valence-electron chi connectivity index (χ4n) is 1.68. The molecule has 2 N–H and O–H groups in total. The Morgan fingerprint density at radius 3 is 3.11 bits per heavy atom. The van der Waals surface area contributed by atoms with Crippen LogP contribution in [0.25, 0.3) is 0 Å². The first-order valence-corrected chi connectivity index (χ1v) is 5.92. The quantitative estimate of drug-likeness (QED) is 0.731. The fourth-order valence-corrected chi connectivity index (χ4v) is 1.68. The molecular formula is C10H13N7O2. The third kappa shape index (κ3) is 2.45. The van der Waals surface area contributed by atoms with Gasteiger partial charge in [-0.1, -0.05) is 10.4 Å². The minimum Gasteiger partial charge on any atom is -0.342 e. The van der Waals surface area contributed by atoms with Gasteiger partial charge >= 0.3 is 0 Å². The first kappa shape index (κ1) is 11.8. The molecule has 0 spiro atoms.